The predicted molar refractivity (Wildman–Crippen MR) is 58.9 cm³/mol. The molecule has 5 nitrogen and oxygen atoms in total. The first-order valence-electron chi connectivity index (χ1n) is 5.07. The normalized spacial score (nSPS) is 10.8. The van der Waals surface area contributed by atoms with Gasteiger partial charge in [-0.25, -0.2) is 4.79 Å². The van der Waals surface area contributed by atoms with Gasteiger partial charge in [0.25, 0.3) is 5.95 Å². The lowest BCUT2D eigenvalue weighted by Gasteiger charge is -2.19. The molecule has 0 aliphatic rings. The molecule has 1 rings (SSSR count). The van der Waals surface area contributed by atoms with Gasteiger partial charge in [-0.3, -0.25) is 5.41 Å². The molecule has 1 N–H and O–H groups in total. The van der Waals surface area contributed by atoms with Gasteiger partial charge in [0, 0.05) is 0 Å². The van der Waals surface area contributed by atoms with Crippen LogP contribution in [-0.4, -0.2) is 27.4 Å². The maximum absolute atomic E-state index is 13.4. The average Bonchev–Trinajstić information content (AvgIpc) is 2.23. The van der Waals surface area contributed by atoms with Crippen LogP contribution in [0.1, 0.15) is 26.5 Å². The molecule has 0 atom stereocenters. The summed E-state index contributed by atoms with van der Waals surface area (Å²) < 4.78 is 44.0. The van der Waals surface area contributed by atoms with Crippen molar-refractivity contribution in [2.24, 2.45) is 0 Å². The lowest BCUT2D eigenvalue weighted by molar-refractivity contribution is -0.147. The summed E-state index contributed by atoms with van der Waals surface area (Å²) in [4.78, 5) is 17.1. The van der Waals surface area contributed by atoms with Gasteiger partial charge in [-0.15, -0.1) is 0 Å². The van der Waals surface area contributed by atoms with Crippen LogP contribution in [0.4, 0.5) is 13.2 Å². The van der Waals surface area contributed by atoms with Crippen LogP contribution in [0.2, 0.25) is 0 Å². The summed E-state index contributed by atoms with van der Waals surface area (Å²) in [5.74, 6) is -3.02. The fraction of sp³-hybridized carbons (Fsp3) is 0.364. The van der Waals surface area contributed by atoms with E-state index in [0.717, 1.165) is 0 Å². The number of aromatic nitrogens is 2. The van der Waals surface area contributed by atoms with Crippen LogP contribution in [0.15, 0.2) is 0 Å². The van der Waals surface area contributed by atoms with Crippen LogP contribution in [0, 0.1) is 23.3 Å². The lowest BCUT2D eigenvalue weighted by atomic mass is 10.1. The van der Waals surface area contributed by atoms with Crippen molar-refractivity contribution in [1.82, 2.24) is 9.97 Å². The number of rotatable bonds is 2. The summed E-state index contributed by atoms with van der Waals surface area (Å²) >= 11 is 0. The number of carbonyl (C=O) groups excluding carboxylic acids is 1. The summed E-state index contributed by atoms with van der Waals surface area (Å²) in [5.41, 5.74) is -2.76. The molecule has 0 fully saturated rings. The number of esters is 1. The van der Waals surface area contributed by atoms with Crippen molar-refractivity contribution in [3.63, 3.8) is 0 Å². The highest BCUT2D eigenvalue weighted by Crippen LogP contribution is 2.19. The van der Waals surface area contributed by atoms with E-state index in [0.29, 0.717) is 0 Å². The molecule has 0 aliphatic carbocycles. The standard InChI is InChI=1S/C11H10F3N3O2/c1-11(2,3)19-9(18)5(4-15)7-6(12)8(13)17-10(14)16-7/h15H,1-3H3. The quantitative estimate of drug-likeness (QED) is 0.293. The molecule has 0 spiro atoms. The minimum absolute atomic E-state index is 0.826. The molecule has 1 heterocycles. The topological polar surface area (TPSA) is 75.9 Å². The number of nitrogens with one attached hydrogen (secondary N) is 1. The first kappa shape index (κ1) is 14.8. The Morgan fingerprint density at radius 3 is 2.32 bits per heavy atom. The van der Waals surface area contributed by atoms with Gasteiger partial charge in [-0.2, -0.15) is 23.1 Å². The van der Waals surface area contributed by atoms with Crippen LogP contribution >= 0.6 is 0 Å². The number of ether oxygens (including phenoxy) is 1. The van der Waals surface area contributed by atoms with Crippen molar-refractivity contribution in [3.8, 4) is 0 Å². The van der Waals surface area contributed by atoms with Gasteiger partial charge in [0.1, 0.15) is 16.9 Å². The summed E-state index contributed by atoms with van der Waals surface area (Å²) in [7, 11) is 0. The monoisotopic (exact) mass is 273 g/mol. The van der Waals surface area contributed by atoms with E-state index in [-0.39, 0.29) is 0 Å². The number of hydrogen-bond donors (Lipinski definition) is 1. The van der Waals surface area contributed by atoms with Crippen molar-refractivity contribution < 1.29 is 22.7 Å². The SMILES string of the molecule is CC(C)(C)OC(=O)C(=C=N)c1nc(F)nc(F)c1F. The molecular weight excluding hydrogens is 263 g/mol. The minimum atomic E-state index is -1.76. The predicted octanol–water partition coefficient (Wildman–Crippen LogP) is 1.87. The van der Waals surface area contributed by atoms with Crippen molar-refractivity contribution in [2.45, 2.75) is 26.4 Å². The second-order valence-corrected chi connectivity index (χ2v) is 4.45. The zero-order valence-corrected chi connectivity index (χ0v) is 10.3. The fourth-order valence-corrected chi connectivity index (χ4v) is 1.10. The van der Waals surface area contributed by atoms with E-state index in [1.54, 1.807) is 5.87 Å². The van der Waals surface area contributed by atoms with Crippen LogP contribution in [0.3, 0.4) is 0 Å². The van der Waals surface area contributed by atoms with Gasteiger partial charge >= 0.3 is 12.0 Å². The zero-order chi connectivity index (χ0) is 14.8. The Morgan fingerprint density at radius 2 is 1.84 bits per heavy atom. The Balaban J connectivity index is 3.27. The highest BCUT2D eigenvalue weighted by molar-refractivity contribution is 6.25. The molecule has 0 saturated heterocycles. The average molecular weight is 273 g/mol. The Morgan fingerprint density at radius 1 is 1.26 bits per heavy atom. The van der Waals surface area contributed by atoms with Gasteiger partial charge in [-0.05, 0) is 26.6 Å². The summed E-state index contributed by atoms with van der Waals surface area (Å²) in [6, 6.07) is 0. The Labute approximate surface area is 106 Å². The van der Waals surface area contributed by atoms with Crippen LogP contribution in [0.25, 0.3) is 5.57 Å². The molecule has 0 aliphatic heterocycles. The molecular formula is C11H10F3N3O2. The highest BCUT2D eigenvalue weighted by Gasteiger charge is 2.27. The number of hydrogen-bond acceptors (Lipinski definition) is 5. The molecule has 0 radical (unpaired) electrons. The summed E-state index contributed by atoms with van der Waals surface area (Å²) in [5, 5.41) is 6.91. The van der Waals surface area contributed by atoms with Gasteiger partial charge < -0.3 is 4.74 Å². The van der Waals surface area contributed by atoms with E-state index in [1.165, 1.54) is 20.8 Å². The Bertz CT molecular complexity index is 575. The van der Waals surface area contributed by atoms with Crippen LogP contribution in [-0.2, 0) is 9.53 Å². The smallest absolute Gasteiger partial charge is 0.350 e. The van der Waals surface area contributed by atoms with Crippen LogP contribution in [0.5, 0.6) is 0 Å². The third kappa shape index (κ3) is 3.62. The first-order valence-corrected chi connectivity index (χ1v) is 5.07. The van der Waals surface area contributed by atoms with Gasteiger partial charge in [-0.1, -0.05) is 0 Å². The largest absolute Gasteiger partial charge is 0.456 e. The molecule has 1 aromatic heterocycles. The fourth-order valence-electron chi connectivity index (χ4n) is 1.10. The third-order valence-corrected chi connectivity index (χ3v) is 1.75. The first-order chi connectivity index (χ1) is 8.65. The molecule has 0 aromatic carbocycles. The van der Waals surface area contributed by atoms with Crippen molar-refractivity contribution >= 4 is 17.4 Å². The molecule has 102 valence electrons. The molecule has 0 saturated carbocycles. The Hall–Kier alpha value is -2.21. The number of halogens is 3. The molecule has 0 amide bonds. The van der Waals surface area contributed by atoms with Crippen molar-refractivity contribution in [3.05, 3.63) is 23.5 Å². The molecule has 8 heteroatoms. The molecule has 0 bridgehead atoms. The van der Waals surface area contributed by atoms with Gasteiger partial charge in [0.05, 0.1) is 0 Å². The van der Waals surface area contributed by atoms with E-state index < -0.39 is 40.7 Å². The van der Waals surface area contributed by atoms with E-state index in [1.807, 2.05) is 0 Å². The van der Waals surface area contributed by atoms with Gasteiger partial charge in [0.2, 0.25) is 5.82 Å². The van der Waals surface area contributed by atoms with E-state index >= 15 is 0 Å². The Kier molecular flexibility index (Phi) is 4.06. The summed E-state index contributed by atoms with van der Waals surface area (Å²) in [6.45, 7) is 4.60. The minimum Gasteiger partial charge on any atom is -0.456 e. The van der Waals surface area contributed by atoms with Crippen molar-refractivity contribution in [2.75, 3.05) is 0 Å². The summed E-state index contributed by atoms with van der Waals surface area (Å²) in [6.07, 6.45) is -1.56. The second-order valence-electron chi connectivity index (χ2n) is 4.45. The molecule has 0 unspecified atom stereocenters. The van der Waals surface area contributed by atoms with Crippen LogP contribution < -0.4 is 0 Å². The maximum atomic E-state index is 13.4. The van der Waals surface area contributed by atoms with E-state index in [9.17, 15) is 18.0 Å². The molecule has 19 heavy (non-hydrogen) atoms. The second kappa shape index (κ2) is 5.19. The van der Waals surface area contributed by atoms with Crippen molar-refractivity contribution in [1.29, 1.82) is 5.41 Å². The highest BCUT2D eigenvalue weighted by atomic mass is 19.2. The number of carbonyl (C=O) groups is 1. The third-order valence-electron chi connectivity index (χ3n) is 1.75. The molecule has 1 aromatic rings. The maximum Gasteiger partial charge on any atom is 0.350 e. The van der Waals surface area contributed by atoms with Gasteiger partial charge in [0.15, 0.2) is 0 Å². The van der Waals surface area contributed by atoms with E-state index in [4.69, 9.17) is 10.1 Å². The van der Waals surface area contributed by atoms with E-state index in [2.05, 4.69) is 9.97 Å². The number of nitrogens with zero attached hydrogens (tertiary/aromatic N) is 2. The lowest BCUT2D eigenvalue weighted by Crippen LogP contribution is -2.25. The zero-order valence-electron chi connectivity index (χ0n) is 10.3.